The number of halogens is 2. The van der Waals surface area contributed by atoms with Crippen molar-refractivity contribution in [1.82, 2.24) is 4.90 Å². The molecule has 2 unspecified atom stereocenters. The SMILES string of the molecule is COc1ccc(N2CC3CC2CN3C(=O)Oc2ccc(F)c(F)c2)cc1. The van der Waals surface area contributed by atoms with Crippen molar-refractivity contribution in [1.29, 1.82) is 0 Å². The molecule has 0 spiro atoms. The van der Waals surface area contributed by atoms with E-state index in [-0.39, 0.29) is 17.8 Å². The third-order valence-electron chi connectivity index (χ3n) is 4.98. The van der Waals surface area contributed by atoms with Gasteiger partial charge in [-0.2, -0.15) is 0 Å². The molecule has 2 aliphatic heterocycles. The Morgan fingerprint density at radius 3 is 2.35 bits per heavy atom. The Hall–Kier alpha value is -2.83. The molecule has 2 heterocycles. The monoisotopic (exact) mass is 360 g/mol. The number of nitrogens with zero attached hydrogens (tertiary/aromatic N) is 2. The average Bonchev–Trinajstić information content (AvgIpc) is 3.26. The second-order valence-electron chi connectivity index (χ2n) is 6.49. The van der Waals surface area contributed by atoms with Crippen LogP contribution in [0.5, 0.6) is 11.5 Å². The minimum absolute atomic E-state index is 0.00341. The Kier molecular flexibility index (Phi) is 4.14. The Bertz CT molecular complexity index is 828. The van der Waals surface area contributed by atoms with Crippen molar-refractivity contribution in [2.45, 2.75) is 18.5 Å². The van der Waals surface area contributed by atoms with Crippen LogP contribution in [0.4, 0.5) is 19.3 Å². The van der Waals surface area contributed by atoms with Gasteiger partial charge in [-0.1, -0.05) is 0 Å². The molecule has 2 aliphatic rings. The standard InChI is InChI=1S/C19H18F2N2O3/c1-25-15-4-2-12(3-5-15)22-10-14-8-13(22)11-23(14)19(24)26-16-6-7-17(20)18(21)9-16/h2-7,9,13-14H,8,10-11H2,1H3. The lowest BCUT2D eigenvalue weighted by Gasteiger charge is -2.35. The summed E-state index contributed by atoms with van der Waals surface area (Å²) in [7, 11) is 1.63. The summed E-state index contributed by atoms with van der Waals surface area (Å²) in [6.07, 6.45) is 0.330. The smallest absolute Gasteiger partial charge is 0.415 e. The van der Waals surface area contributed by atoms with Crippen LogP contribution in [0, 0.1) is 11.6 Å². The molecule has 2 bridgehead atoms. The molecule has 2 aromatic rings. The van der Waals surface area contributed by atoms with E-state index in [0.717, 1.165) is 30.0 Å². The molecule has 0 radical (unpaired) electrons. The number of hydrogen-bond acceptors (Lipinski definition) is 4. The molecule has 2 atom stereocenters. The van der Waals surface area contributed by atoms with E-state index in [0.29, 0.717) is 13.1 Å². The molecule has 136 valence electrons. The van der Waals surface area contributed by atoms with Crippen molar-refractivity contribution < 1.29 is 23.0 Å². The fourth-order valence-corrected chi connectivity index (χ4v) is 3.68. The minimum Gasteiger partial charge on any atom is -0.497 e. The van der Waals surface area contributed by atoms with Gasteiger partial charge in [0.1, 0.15) is 11.5 Å². The predicted octanol–water partition coefficient (Wildman–Crippen LogP) is 3.44. The van der Waals surface area contributed by atoms with Crippen LogP contribution < -0.4 is 14.4 Å². The first kappa shape index (κ1) is 16.6. The van der Waals surface area contributed by atoms with Gasteiger partial charge in [0.25, 0.3) is 0 Å². The highest BCUT2D eigenvalue weighted by Gasteiger charge is 2.46. The van der Waals surface area contributed by atoms with Crippen molar-refractivity contribution in [3.8, 4) is 11.5 Å². The summed E-state index contributed by atoms with van der Waals surface area (Å²) in [6, 6.07) is 11.2. The predicted molar refractivity (Wildman–Crippen MR) is 91.6 cm³/mol. The van der Waals surface area contributed by atoms with Crippen LogP contribution in [-0.2, 0) is 0 Å². The lowest BCUT2D eigenvalue weighted by Crippen LogP contribution is -2.49. The zero-order chi connectivity index (χ0) is 18.3. The highest BCUT2D eigenvalue weighted by Crippen LogP contribution is 2.35. The second-order valence-corrected chi connectivity index (χ2v) is 6.49. The molecule has 2 aromatic carbocycles. The Balaban J connectivity index is 1.41. The van der Waals surface area contributed by atoms with Crippen molar-refractivity contribution in [2.75, 3.05) is 25.1 Å². The molecule has 4 rings (SSSR count). The van der Waals surface area contributed by atoms with Gasteiger partial charge in [-0.05, 0) is 42.8 Å². The highest BCUT2D eigenvalue weighted by atomic mass is 19.2. The van der Waals surface area contributed by atoms with E-state index in [1.807, 2.05) is 24.3 Å². The quantitative estimate of drug-likeness (QED) is 0.841. The first-order valence-electron chi connectivity index (χ1n) is 8.39. The molecule has 5 nitrogen and oxygen atoms in total. The first-order valence-corrected chi connectivity index (χ1v) is 8.39. The molecule has 0 saturated carbocycles. The molecule has 0 aliphatic carbocycles. The van der Waals surface area contributed by atoms with Crippen molar-refractivity contribution in [3.05, 3.63) is 54.1 Å². The fourth-order valence-electron chi connectivity index (χ4n) is 3.68. The van der Waals surface area contributed by atoms with Crippen LogP contribution in [0.2, 0.25) is 0 Å². The number of piperazine rings is 1. The molecule has 0 N–H and O–H groups in total. The highest BCUT2D eigenvalue weighted by molar-refractivity contribution is 5.72. The molecule has 2 fully saturated rings. The summed E-state index contributed by atoms with van der Waals surface area (Å²) in [5.41, 5.74) is 1.09. The van der Waals surface area contributed by atoms with Crippen molar-refractivity contribution in [3.63, 3.8) is 0 Å². The van der Waals surface area contributed by atoms with Gasteiger partial charge in [0, 0.05) is 30.9 Å². The summed E-state index contributed by atoms with van der Waals surface area (Å²) < 4.78 is 36.6. The van der Waals surface area contributed by atoms with E-state index in [1.165, 1.54) is 6.07 Å². The summed E-state index contributed by atoms with van der Waals surface area (Å²) in [4.78, 5) is 16.3. The number of carbonyl (C=O) groups is 1. The molecule has 1 amide bonds. The van der Waals surface area contributed by atoms with Gasteiger partial charge in [0.2, 0.25) is 0 Å². The summed E-state index contributed by atoms with van der Waals surface area (Å²) in [5, 5.41) is 0. The number of rotatable bonds is 3. The lowest BCUT2D eigenvalue weighted by atomic mass is 10.2. The van der Waals surface area contributed by atoms with Gasteiger partial charge in [0.05, 0.1) is 13.2 Å². The van der Waals surface area contributed by atoms with Gasteiger partial charge in [-0.25, -0.2) is 13.6 Å². The molecule has 7 heteroatoms. The lowest BCUT2D eigenvalue weighted by molar-refractivity contribution is 0.143. The number of hydrogen-bond donors (Lipinski definition) is 0. The second kappa shape index (κ2) is 6.48. The number of anilines is 1. The van der Waals surface area contributed by atoms with E-state index in [2.05, 4.69) is 4.90 Å². The van der Waals surface area contributed by atoms with Crippen LogP contribution in [0.3, 0.4) is 0 Å². The summed E-state index contributed by atoms with van der Waals surface area (Å²) in [6.45, 7) is 1.25. The third-order valence-corrected chi connectivity index (χ3v) is 4.98. The number of amides is 1. The number of benzene rings is 2. The Morgan fingerprint density at radius 1 is 1.00 bits per heavy atom. The molecular weight excluding hydrogens is 342 g/mol. The van der Waals surface area contributed by atoms with E-state index in [9.17, 15) is 13.6 Å². The normalized spacial score (nSPS) is 21.2. The van der Waals surface area contributed by atoms with Gasteiger partial charge < -0.3 is 19.3 Å². The van der Waals surface area contributed by atoms with Gasteiger partial charge in [0.15, 0.2) is 11.6 Å². The van der Waals surface area contributed by atoms with Crippen molar-refractivity contribution >= 4 is 11.8 Å². The summed E-state index contributed by atoms with van der Waals surface area (Å²) in [5.74, 6) is -1.21. The number of fused-ring (bicyclic) bond motifs is 2. The van der Waals surface area contributed by atoms with E-state index >= 15 is 0 Å². The van der Waals surface area contributed by atoms with Crippen LogP contribution in [-0.4, -0.2) is 43.3 Å². The maximum absolute atomic E-state index is 13.3. The maximum Gasteiger partial charge on any atom is 0.415 e. The molecular formula is C19H18F2N2O3. The molecule has 26 heavy (non-hydrogen) atoms. The Labute approximate surface area is 149 Å². The molecule has 0 aromatic heterocycles. The summed E-state index contributed by atoms with van der Waals surface area (Å²) >= 11 is 0. The maximum atomic E-state index is 13.3. The van der Waals surface area contributed by atoms with E-state index in [4.69, 9.17) is 9.47 Å². The Morgan fingerprint density at radius 2 is 1.73 bits per heavy atom. The largest absolute Gasteiger partial charge is 0.497 e. The zero-order valence-electron chi connectivity index (χ0n) is 14.2. The van der Waals surface area contributed by atoms with E-state index < -0.39 is 17.7 Å². The van der Waals surface area contributed by atoms with Crippen LogP contribution in [0.15, 0.2) is 42.5 Å². The zero-order valence-corrected chi connectivity index (χ0v) is 14.2. The average molecular weight is 360 g/mol. The number of carbonyl (C=O) groups excluding carboxylic acids is 1. The van der Waals surface area contributed by atoms with Crippen LogP contribution in [0.25, 0.3) is 0 Å². The first-order chi connectivity index (χ1) is 12.5. The van der Waals surface area contributed by atoms with Gasteiger partial charge in [-0.15, -0.1) is 0 Å². The topological polar surface area (TPSA) is 42.0 Å². The van der Waals surface area contributed by atoms with Crippen LogP contribution in [0.1, 0.15) is 6.42 Å². The minimum atomic E-state index is -1.04. The number of likely N-dealkylation sites (tertiary alicyclic amines) is 1. The fraction of sp³-hybridized carbons (Fsp3) is 0.316. The van der Waals surface area contributed by atoms with E-state index in [1.54, 1.807) is 12.0 Å². The van der Waals surface area contributed by atoms with Gasteiger partial charge >= 0.3 is 6.09 Å². The van der Waals surface area contributed by atoms with Crippen LogP contribution >= 0.6 is 0 Å². The van der Waals surface area contributed by atoms with Crippen molar-refractivity contribution in [2.24, 2.45) is 0 Å². The number of methoxy groups -OCH3 is 1. The number of ether oxygens (including phenoxy) is 2. The van der Waals surface area contributed by atoms with Gasteiger partial charge in [-0.3, -0.25) is 0 Å². The molecule has 2 saturated heterocycles. The third kappa shape index (κ3) is 2.94.